The third kappa shape index (κ3) is 5.41. The van der Waals surface area contributed by atoms with E-state index < -0.39 is 0 Å². The predicted octanol–water partition coefficient (Wildman–Crippen LogP) is 4.94. The van der Waals surface area contributed by atoms with Gasteiger partial charge in [0, 0.05) is 24.5 Å². The Morgan fingerprint density at radius 2 is 1.82 bits per heavy atom. The maximum Gasteiger partial charge on any atom is 0.251 e. The summed E-state index contributed by atoms with van der Waals surface area (Å²) < 4.78 is 12.8. The Labute approximate surface area is 193 Å². The first-order valence-electron chi connectivity index (χ1n) is 10.9. The van der Waals surface area contributed by atoms with Gasteiger partial charge in [0.2, 0.25) is 0 Å². The molecule has 1 N–H and O–H groups in total. The summed E-state index contributed by atoms with van der Waals surface area (Å²) in [7, 11) is 1.58. The van der Waals surface area contributed by atoms with E-state index in [2.05, 4.69) is 40.7 Å². The second-order valence-corrected chi connectivity index (χ2v) is 7.54. The molecule has 0 saturated heterocycles. The fourth-order valence-corrected chi connectivity index (χ4v) is 3.69. The normalized spacial score (nSPS) is 10.6. The van der Waals surface area contributed by atoms with E-state index >= 15 is 0 Å². The molecule has 0 radical (unpaired) electrons. The van der Waals surface area contributed by atoms with E-state index in [4.69, 9.17) is 9.47 Å². The van der Waals surface area contributed by atoms with Crippen LogP contribution in [0.1, 0.15) is 28.4 Å². The SMILES string of the molecule is CCOc1cc(C(=O)NCc2ccccc2-c2ccc(Cn3cccn3)cc2)ccc1OC. The number of methoxy groups -OCH3 is 1. The number of nitrogens with one attached hydrogen (secondary N) is 1. The fourth-order valence-electron chi connectivity index (χ4n) is 3.69. The molecule has 0 aliphatic heterocycles. The average molecular weight is 442 g/mol. The zero-order chi connectivity index (χ0) is 23.0. The molecular weight excluding hydrogens is 414 g/mol. The number of nitrogens with zero attached hydrogens (tertiary/aromatic N) is 2. The molecule has 0 spiro atoms. The highest BCUT2D eigenvalue weighted by atomic mass is 16.5. The van der Waals surface area contributed by atoms with Gasteiger partial charge in [0.05, 0.1) is 20.3 Å². The zero-order valence-electron chi connectivity index (χ0n) is 18.8. The number of hydrogen-bond donors (Lipinski definition) is 1. The van der Waals surface area contributed by atoms with Crippen molar-refractivity contribution in [1.82, 2.24) is 15.1 Å². The largest absolute Gasteiger partial charge is 0.493 e. The van der Waals surface area contributed by atoms with Crippen molar-refractivity contribution in [2.24, 2.45) is 0 Å². The zero-order valence-corrected chi connectivity index (χ0v) is 18.8. The smallest absolute Gasteiger partial charge is 0.251 e. The first-order chi connectivity index (χ1) is 16.2. The molecule has 6 nitrogen and oxygen atoms in total. The van der Waals surface area contributed by atoms with E-state index in [0.717, 1.165) is 23.2 Å². The van der Waals surface area contributed by atoms with E-state index in [0.29, 0.717) is 30.2 Å². The molecule has 168 valence electrons. The highest BCUT2D eigenvalue weighted by Gasteiger charge is 2.12. The number of carbonyl (C=O) groups is 1. The van der Waals surface area contributed by atoms with Crippen molar-refractivity contribution >= 4 is 5.91 Å². The Balaban J connectivity index is 1.47. The van der Waals surface area contributed by atoms with Crippen molar-refractivity contribution in [3.05, 3.63) is 102 Å². The summed E-state index contributed by atoms with van der Waals surface area (Å²) >= 11 is 0. The molecule has 3 aromatic carbocycles. The number of amides is 1. The molecular formula is C27H27N3O3. The number of ether oxygens (including phenoxy) is 2. The van der Waals surface area contributed by atoms with Crippen molar-refractivity contribution in [1.29, 1.82) is 0 Å². The van der Waals surface area contributed by atoms with Crippen molar-refractivity contribution in [2.75, 3.05) is 13.7 Å². The van der Waals surface area contributed by atoms with Crippen LogP contribution in [-0.4, -0.2) is 29.4 Å². The molecule has 4 rings (SSSR count). The molecule has 0 bridgehead atoms. The van der Waals surface area contributed by atoms with Crippen LogP contribution in [0, 0.1) is 0 Å². The maximum atomic E-state index is 12.8. The molecule has 0 unspecified atom stereocenters. The van der Waals surface area contributed by atoms with Crippen LogP contribution in [0.2, 0.25) is 0 Å². The Hall–Kier alpha value is -4.06. The molecule has 0 fully saturated rings. The third-order valence-corrected chi connectivity index (χ3v) is 5.35. The monoisotopic (exact) mass is 441 g/mol. The van der Waals surface area contributed by atoms with Gasteiger partial charge < -0.3 is 14.8 Å². The van der Waals surface area contributed by atoms with E-state index in [1.807, 2.05) is 42.1 Å². The second-order valence-electron chi connectivity index (χ2n) is 7.54. The van der Waals surface area contributed by atoms with Crippen molar-refractivity contribution < 1.29 is 14.3 Å². The summed E-state index contributed by atoms with van der Waals surface area (Å²) in [6.07, 6.45) is 3.73. The molecule has 1 heterocycles. The minimum atomic E-state index is -0.164. The molecule has 0 saturated carbocycles. The summed E-state index contributed by atoms with van der Waals surface area (Å²) in [6.45, 7) is 3.54. The maximum absolute atomic E-state index is 12.8. The Kier molecular flexibility index (Phi) is 7.05. The highest BCUT2D eigenvalue weighted by molar-refractivity contribution is 5.95. The lowest BCUT2D eigenvalue weighted by Gasteiger charge is -2.13. The van der Waals surface area contributed by atoms with Crippen molar-refractivity contribution in [3.8, 4) is 22.6 Å². The number of carbonyl (C=O) groups excluding carboxylic acids is 1. The van der Waals surface area contributed by atoms with Crippen LogP contribution in [0.25, 0.3) is 11.1 Å². The fraction of sp³-hybridized carbons (Fsp3) is 0.185. The van der Waals surface area contributed by atoms with Crippen LogP contribution in [0.3, 0.4) is 0 Å². The first kappa shape index (κ1) is 22.1. The molecule has 0 aliphatic carbocycles. The van der Waals surface area contributed by atoms with Gasteiger partial charge in [0.15, 0.2) is 11.5 Å². The summed E-state index contributed by atoms with van der Waals surface area (Å²) in [5, 5.41) is 7.29. The Morgan fingerprint density at radius 1 is 1.00 bits per heavy atom. The summed E-state index contributed by atoms with van der Waals surface area (Å²) in [5.41, 5.74) is 4.95. The number of aromatic nitrogens is 2. The molecule has 1 amide bonds. The lowest BCUT2D eigenvalue weighted by Crippen LogP contribution is -2.23. The summed E-state index contributed by atoms with van der Waals surface area (Å²) in [5.74, 6) is 1.00. The first-order valence-corrected chi connectivity index (χ1v) is 10.9. The average Bonchev–Trinajstić information content (AvgIpc) is 3.36. The molecule has 0 aliphatic rings. The van der Waals surface area contributed by atoms with E-state index in [-0.39, 0.29) is 5.91 Å². The van der Waals surface area contributed by atoms with Crippen LogP contribution >= 0.6 is 0 Å². The molecule has 6 heteroatoms. The van der Waals surface area contributed by atoms with Crippen molar-refractivity contribution in [3.63, 3.8) is 0 Å². The standard InChI is InChI=1S/C27H27N3O3/c1-3-33-26-17-22(13-14-25(26)32-2)27(31)28-18-23-7-4-5-8-24(23)21-11-9-20(10-12-21)19-30-16-6-15-29-30/h4-17H,3,18-19H2,1-2H3,(H,28,31). The summed E-state index contributed by atoms with van der Waals surface area (Å²) in [4.78, 5) is 12.8. The Bertz CT molecular complexity index is 1200. The van der Waals surface area contributed by atoms with Gasteiger partial charge in [-0.05, 0) is 53.4 Å². The van der Waals surface area contributed by atoms with Crippen molar-refractivity contribution in [2.45, 2.75) is 20.0 Å². The van der Waals surface area contributed by atoms with Gasteiger partial charge in [-0.2, -0.15) is 5.10 Å². The molecule has 33 heavy (non-hydrogen) atoms. The lowest BCUT2D eigenvalue weighted by molar-refractivity contribution is 0.0950. The predicted molar refractivity (Wildman–Crippen MR) is 129 cm³/mol. The van der Waals surface area contributed by atoms with Gasteiger partial charge in [-0.1, -0.05) is 48.5 Å². The van der Waals surface area contributed by atoms with Crippen LogP contribution < -0.4 is 14.8 Å². The lowest BCUT2D eigenvalue weighted by atomic mass is 9.98. The number of rotatable bonds is 9. The van der Waals surface area contributed by atoms with Gasteiger partial charge in [-0.25, -0.2) is 0 Å². The van der Waals surface area contributed by atoms with E-state index in [1.165, 1.54) is 5.56 Å². The van der Waals surface area contributed by atoms with Crippen LogP contribution in [0.4, 0.5) is 0 Å². The molecule has 0 atom stereocenters. The minimum Gasteiger partial charge on any atom is -0.493 e. The number of benzene rings is 3. The Morgan fingerprint density at radius 3 is 2.55 bits per heavy atom. The topological polar surface area (TPSA) is 65.4 Å². The minimum absolute atomic E-state index is 0.164. The van der Waals surface area contributed by atoms with Crippen LogP contribution in [-0.2, 0) is 13.1 Å². The van der Waals surface area contributed by atoms with Gasteiger partial charge in [-0.3, -0.25) is 9.48 Å². The van der Waals surface area contributed by atoms with Crippen LogP contribution in [0.5, 0.6) is 11.5 Å². The highest BCUT2D eigenvalue weighted by Crippen LogP contribution is 2.28. The van der Waals surface area contributed by atoms with Gasteiger partial charge >= 0.3 is 0 Å². The summed E-state index contributed by atoms with van der Waals surface area (Å²) in [6, 6.07) is 23.7. The second kappa shape index (κ2) is 10.5. The van der Waals surface area contributed by atoms with Crippen LogP contribution in [0.15, 0.2) is 85.2 Å². The van der Waals surface area contributed by atoms with Gasteiger partial charge in [0.1, 0.15) is 0 Å². The third-order valence-electron chi connectivity index (χ3n) is 5.35. The molecule has 1 aromatic heterocycles. The van der Waals surface area contributed by atoms with E-state index in [9.17, 15) is 4.79 Å². The van der Waals surface area contributed by atoms with Gasteiger partial charge in [0.25, 0.3) is 5.91 Å². The van der Waals surface area contributed by atoms with Gasteiger partial charge in [-0.15, -0.1) is 0 Å². The van der Waals surface area contributed by atoms with E-state index in [1.54, 1.807) is 31.5 Å². The molecule has 4 aromatic rings. The number of hydrogen-bond acceptors (Lipinski definition) is 4. The quantitative estimate of drug-likeness (QED) is 0.400.